The molecule has 2 rings (SSSR count). The van der Waals surface area contributed by atoms with Crippen LogP contribution in [0.2, 0.25) is 0 Å². The lowest BCUT2D eigenvalue weighted by Crippen LogP contribution is -2.33. The van der Waals surface area contributed by atoms with Gasteiger partial charge in [-0.25, -0.2) is 12.8 Å². The largest absolute Gasteiger partial charge is 0.326 e. The Labute approximate surface area is 141 Å². The highest BCUT2D eigenvalue weighted by atomic mass is 32.2. The second kappa shape index (κ2) is 7.44. The van der Waals surface area contributed by atoms with Gasteiger partial charge in [0.15, 0.2) is 0 Å². The number of hydrogen-bond acceptors (Lipinski definition) is 3. The lowest BCUT2D eigenvalue weighted by atomic mass is 10.2. The number of carbonyl (C=O) groups excluding carboxylic acids is 1. The monoisotopic (exact) mass is 350 g/mol. The van der Waals surface area contributed by atoms with Gasteiger partial charge in [-0.15, -0.1) is 0 Å². The van der Waals surface area contributed by atoms with Crippen LogP contribution in [0.5, 0.6) is 0 Å². The second-order valence-corrected chi connectivity index (χ2v) is 7.34. The number of para-hydroxylation sites is 1. The summed E-state index contributed by atoms with van der Waals surface area (Å²) in [6.07, 6.45) is 1.06. The maximum atomic E-state index is 13.1. The molecule has 0 radical (unpaired) electrons. The minimum absolute atomic E-state index is 0.00480. The molecule has 128 valence electrons. The predicted molar refractivity (Wildman–Crippen MR) is 93.0 cm³/mol. The van der Waals surface area contributed by atoms with E-state index in [1.54, 1.807) is 31.2 Å². The van der Waals surface area contributed by atoms with Crippen LogP contribution in [0.4, 0.5) is 15.8 Å². The molecule has 0 spiro atoms. The summed E-state index contributed by atoms with van der Waals surface area (Å²) in [4.78, 5) is 12.0. The van der Waals surface area contributed by atoms with Crippen molar-refractivity contribution in [1.82, 2.24) is 0 Å². The average molecular weight is 350 g/mol. The number of anilines is 2. The SMILES string of the molecule is Cc1ccccc1N(CCC(=O)Nc1cccc(F)c1)S(C)(=O)=O. The first-order chi connectivity index (χ1) is 11.3. The summed E-state index contributed by atoms with van der Waals surface area (Å²) in [7, 11) is -3.52. The van der Waals surface area contributed by atoms with E-state index in [9.17, 15) is 17.6 Å². The molecular weight excluding hydrogens is 331 g/mol. The van der Waals surface area contributed by atoms with E-state index >= 15 is 0 Å². The summed E-state index contributed by atoms with van der Waals surface area (Å²) >= 11 is 0. The quantitative estimate of drug-likeness (QED) is 0.871. The number of sulfonamides is 1. The van der Waals surface area contributed by atoms with Gasteiger partial charge in [0.2, 0.25) is 15.9 Å². The van der Waals surface area contributed by atoms with Gasteiger partial charge in [0, 0.05) is 18.7 Å². The molecular formula is C17H19FN2O3S. The smallest absolute Gasteiger partial charge is 0.232 e. The van der Waals surface area contributed by atoms with Crippen LogP contribution >= 0.6 is 0 Å². The molecule has 0 fully saturated rings. The Hall–Kier alpha value is -2.41. The molecule has 7 heteroatoms. The first-order valence-corrected chi connectivity index (χ1v) is 9.21. The van der Waals surface area contributed by atoms with Crippen LogP contribution in [0.15, 0.2) is 48.5 Å². The van der Waals surface area contributed by atoms with Crippen LogP contribution in [-0.2, 0) is 14.8 Å². The Morgan fingerprint density at radius 2 is 1.88 bits per heavy atom. The number of benzene rings is 2. The number of carbonyl (C=O) groups is 1. The minimum Gasteiger partial charge on any atom is -0.326 e. The molecule has 2 aromatic rings. The number of rotatable bonds is 6. The zero-order valence-corrected chi connectivity index (χ0v) is 14.3. The lowest BCUT2D eigenvalue weighted by Gasteiger charge is -2.23. The maximum absolute atomic E-state index is 13.1. The number of aryl methyl sites for hydroxylation is 1. The highest BCUT2D eigenvalue weighted by Gasteiger charge is 2.20. The molecule has 0 saturated carbocycles. The molecule has 1 N–H and O–H groups in total. The third-order valence-corrected chi connectivity index (χ3v) is 4.61. The van der Waals surface area contributed by atoms with Gasteiger partial charge in [-0.2, -0.15) is 0 Å². The number of nitrogens with zero attached hydrogens (tertiary/aromatic N) is 1. The Balaban J connectivity index is 2.09. The van der Waals surface area contributed by atoms with Crippen LogP contribution in [0, 0.1) is 12.7 Å². The van der Waals surface area contributed by atoms with Crippen molar-refractivity contribution in [3.8, 4) is 0 Å². The van der Waals surface area contributed by atoms with Gasteiger partial charge >= 0.3 is 0 Å². The van der Waals surface area contributed by atoms with E-state index in [1.807, 2.05) is 6.07 Å². The van der Waals surface area contributed by atoms with E-state index in [0.29, 0.717) is 11.4 Å². The summed E-state index contributed by atoms with van der Waals surface area (Å²) < 4.78 is 38.4. The molecule has 1 amide bonds. The molecule has 0 aliphatic heterocycles. The highest BCUT2D eigenvalue weighted by molar-refractivity contribution is 7.92. The zero-order chi connectivity index (χ0) is 17.7. The summed E-state index contributed by atoms with van der Waals surface area (Å²) in [5.74, 6) is -0.840. The Morgan fingerprint density at radius 3 is 2.50 bits per heavy atom. The van der Waals surface area contributed by atoms with Gasteiger partial charge < -0.3 is 5.32 Å². The van der Waals surface area contributed by atoms with Gasteiger partial charge in [0.25, 0.3) is 0 Å². The first kappa shape index (κ1) is 17.9. The van der Waals surface area contributed by atoms with Crippen LogP contribution in [0.25, 0.3) is 0 Å². The fourth-order valence-corrected chi connectivity index (χ4v) is 3.29. The van der Waals surface area contributed by atoms with E-state index in [1.165, 1.54) is 22.5 Å². The van der Waals surface area contributed by atoms with Crippen molar-refractivity contribution in [1.29, 1.82) is 0 Å². The molecule has 0 unspecified atom stereocenters. The number of hydrogen-bond donors (Lipinski definition) is 1. The molecule has 0 atom stereocenters. The Kier molecular flexibility index (Phi) is 5.56. The van der Waals surface area contributed by atoms with Crippen molar-refractivity contribution in [2.75, 3.05) is 22.4 Å². The van der Waals surface area contributed by atoms with E-state index in [0.717, 1.165) is 11.8 Å². The third kappa shape index (κ3) is 4.79. The highest BCUT2D eigenvalue weighted by Crippen LogP contribution is 2.22. The average Bonchev–Trinajstić information content (AvgIpc) is 2.48. The van der Waals surface area contributed by atoms with E-state index < -0.39 is 15.8 Å². The van der Waals surface area contributed by atoms with E-state index in [4.69, 9.17) is 0 Å². The summed E-state index contributed by atoms with van der Waals surface area (Å²) in [5.41, 5.74) is 1.67. The topological polar surface area (TPSA) is 66.5 Å². The molecule has 0 bridgehead atoms. The van der Waals surface area contributed by atoms with E-state index in [-0.39, 0.29) is 18.9 Å². The third-order valence-electron chi connectivity index (χ3n) is 3.43. The predicted octanol–water partition coefficient (Wildman–Crippen LogP) is 2.93. The molecule has 0 aliphatic rings. The fraction of sp³-hybridized carbons (Fsp3) is 0.235. The minimum atomic E-state index is -3.52. The summed E-state index contributed by atoms with van der Waals surface area (Å²) in [6, 6.07) is 12.6. The molecule has 0 aliphatic carbocycles. The number of nitrogens with one attached hydrogen (secondary N) is 1. The van der Waals surface area contributed by atoms with Crippen LogP contribution in [0.1, 0.15) is 12.0 Å². The van der Waals surface area contributed by atoms with Crippen molar-refractivity contribution in [3.63, 3.8) is 0 Å². The Bertz CT molecular complexity index is 837. The fourth-order valence-electron chi connectivity index (χ4n) is 2.30. The molecule has 24 heavy (non-hydrogen) atoms. The van der Waals surface area contributed by atoms with E-state index in [2.05, 4.69) is 5.32 Å². The van der Waals surface area contributed by atoms with Gasteiger partial charge in [0.1, 0.15) is 5.82 Å². The number of amides is 1. The summed E-state index contributed by atoms with van der Waals surface area (Å²) in [6.45, 7) is 1.81. The zero-order valence-electron chi connectivity index (χ0n) is 13.5. The van der Waals surface area contributed by atoms with Gasteiger partial charge in [-0.05, 0) is 36.8 Å². The molecule has 5 nitrogen and oxygen atoms in total. The van der Waals surface area contributed by atoms with Crippen molar-refractivity contribution in [2.45, 2.75) is 13.3 Å². The molecule has 2 aromatic carbocycles. The van der Waals surface area contributed by atoms with Crippen molar-refractivity contribution >= 4 is 27.3 Å². The van der Waals surface area contributed by atoms with Gasteiger partial charge in [-0.3, -0.25) is 9.10 Å². The standard InChI is InChI=1S/C17H19FN2O3S/c1-13-6-3-4-9-16(13)20(24(2,22)23)11-10-17(21)19-15-8-5-7-14(18)12-15/h3-9,12H,10-11H2,1-2H3,(H,19,21). The van der Waals surface area contributed by atoms with Crippen molar-refractivity contribution < 1.29 is 17.6 Å². The van der Waals surface area contributed by atoms with Crippen LogP contribution in [-0.4, -0.2) is 27.1 Å². The van der Waals surface area contributed by atoms with Gasteiger partial charge in [0.05, 0.1) is 11.9 Å². The second-order valence-electron chi connectivity index (χ2n) is 5.43. The van der Waals surface area contributed by atoms with Crippen molar-refractivity contribution in [3.05, 3.63) is 59.9 Å². The normalized spacial score (nSPS) is 11.1. The number of halogens is 1. The summed E-state index contributed by atoms with van der Waals surface area (Å²) in [5, 5.41) is 2.56. The van der Waals surface area contributed by atoms with Crippen LogP contribution in [0.3, 0.4) is 0 Å². The first-order valence-electron chi connectivity index (χ1n) is 7.36. The molecule has 0 aromatic heterocycles. The molecule has 0 heterocycles. The van der Waals surface area contributed by atoms with Gasteiger partial charge in [-0.1, -0.05) is 24.3 Å². The lowest BCUT2D eigenvalue weighted by molar-refractivity contribution is -0.116. The maximum Gasteiger partial charge on any atom is 0.232 e. The Morgan fingerprint density at radius 1 is 1.17 bits per heavy atom. The van der Waals surface area contributed by atoms with Crippen molar-refractivity contribution in [2.24, 2.45) is 0 Å². The van der Waals surface area contributed by atoms with Crippen LogP contribution < -0.4 is 9.62 Å². The molecule has 0 saturated heterocycles.